The lowest BCUT2D eigenvalue weighted by Crippen LogP contribution is -2.10. The van der Waals surface area contributed by atoms with Gasteiger partial charge in [-0.25, -0.2) is 9.37 Å². The summed E-state index contributed by atoms with van der Waals surface area (Å²) in [5, 5.41) is -0.151. The summed E-state index contributed by atoms with van der Waals surface area (Å²) in [5.74, 6) is -0.655. The van der Waals surface area contributed by atoms with Crippen molar-refractivity contribution in [3.8, 4) is 11.3 Å². The molecule has 6 heteroatoms. The smallest absolute Gasteiger partial charge is 0.243 e. The summed E-state index contributed by atoms with van der Waals surface area (Å²) in [7, 11) is 0. The first-order valence-electron chi connectivity index (χ1n) is 6.23. The number of hydrogen-bond donors (Lipinski definition) is 0. The molecule has 2 aromatic rings. The van der Waals surface area contributed by atoms with Crippen LogP contribution in [0, 0.1) is 5.82 Å². The molecule has 1 heterocycles. The highest BCUT2D eigenvalue weighted by atomic mass is 35.5. The Kier molecular flexibility index (Phi) is 4.23. The second kappa shape index (κ2) is 5.64. The van der Waals surface area contributed by atoms with Crippen molar-refractivity contribution in [2.45, 2.75) is 25.9 Å². The molecule has 0 atom stereocenters. The van der Waals surface area contributed by atoms with Gasteiger partial charge in [0.05, 0.1) is 10.7 Å². The number of halogens is 5. The molecule has 1 nitrogen and oxygen atoms in total. The Hall–Kier alpha value is -1.62. The minimum atomic E-state index is -4.53. The van der Waals surface area contributed by atoms with Crippen LogP contribution in [-0.2, 0) is 6.18 Å². The number of hydrogen-bond acceptors (Lipinski definition) is 1. The molecule has 0 saturated heterocycles. The van der Waals surface area contributed by atoms with E-state index in [1.54, 1.807) is 0 Å². The van der Waals surface area contributed by atoms with Crippen LogP contribution in [0.15, 0.2) is 30.3 Å². The second-order valence-electron chi connectivity index (χ2n) is 4.92. The normalized spacial score (nSPS) is 12.0. The monoisotopic (exact) mass is 317 g/mol. The summed E-state index contributed by atoms with van der Waals surface area (Å²) in [6.07, 6.45) is -4.53. The van der Waals surface area contributed by atoms with Crippen molar-refractivity contribution in [1.82, 2.24) is 4.98 Å². The van der Waals surface area contributed by atoms with Gasteiger partial charge in [-0.05, 0) is 35.7 Å². The van der Waals surface area contributed by atoms with E-state index in [0.29, 0.717) is 11.1 Å². The van der Waals surface area contributed by atoms with Crippen molar-refractivity contribution >= 4 is 11.6 Å². The molecule has 21 heavy (non-hydrogen) atoms. The molecule has 112 valence electrons. The summed E-state index contributed by atoms with van der Waals surface area (Å²) in [6, 6.07) is 6.11. The van der Waals surface area contributed by atoms with Crippen molar-refractivity contribution in [1.29, 1.82) is 0 Å². The lowest BCUT2D eigenvalue weighted by atomic mass is 9.96. The molecule has 1 aromatic heterocycles. The summed E-state index contributed by atoms with van der Waals surface area (Å²) in [4.78, 5) is 3.70. The minimum absolute atomic E-state index is 0.0291. The molecule has 0 aliphatic carbocycles. The summed E-state index contributed by atoms with van der Waals surface area (Å²) >= 11 is 5.70. The van der Waals surface area contributed by atoms with Crippen LogP contribution in [0.4, 0.5) is 17.6 Å². The second-order valence-corrected chi connectivity index (χ2v) is 5.32. The van der Waals surface area contributed by atoms with E-state index >= 15 is 0 Å². The van der Waals surface area contributed by atoms with Crippen molar-refractivity contribution in [3.63, 3.8) is 0 Å². The Morgan fingerprint density at radius 2 is 1.76 bits per heavy atom. The molecule has 1 aromatic carbocycles. The van der Waals surface area contributed by atoms with Gasteiger partial charge in [0.2, 0.25) is 0 Å². The van der Waals surface area contributed by atoms with Gasteiger partial charge < -0.3 is 0 Å². The Morgan fingerprint density at radius 1 is 1.10 bits per heavy atom. The van der Waals surface area contributed by atoms with E-state index in [4.69, 9.17) is 11.6 Å². The van der Waals surface area contributed by atoms with Crippen LogP contribution in [0.3, 0.4) is 0 Å². The highest BCUT2D eigenvalue weighted by molar-refractivity contribution is 6.31. The first kappa shape index (κ1) is 15.8. The molecule has 0 radical (unpaired) electrons. The highest BCUT2D eigenvalue weighted by Crippen LogP contribution is 2.34. The van der Waals surface area contributed by atoms with Gasteiger partial charge in [0.15, 0.2) is 0 Å². The molecular formula is C15H12ClF4N. The zero-order valence-electron chi connectivity index (χ0n) is 11.3. The molecule has 0 fully saturated rings. The lowest BCUT2D eigenvalue weighted by molar-refractivity contribution is -0.141. The zero-order chi connectivity index (χ0) is 15.8. The largest absolute Gasteiger partial charge is 0.433 e. The fraction of sp³-hybridized carbons (Fsp3) is 0.267. The number of rotatable bonds is 2. The van der Waals surface area contributed by atoms with Crippen LogP contribution in [0.5, 0.6) is 0 Å². The van der Waals surface area contributed by atoms with Crippen LogP contribution in [0.2, 0.25) is 5.02 Å². The van der Waals surface area contributed by atoms with Gasteiger partial charge in [-0.3, -0.25) is 0 Å². The third kappa shape index (κ3) is 3.35. The van der Waals surface area contributed by atoms with Crippen molar-refractivity contribution in [2.24, 2.45) is 0 Å². The predicted molar refractivity (Wildman–Crippen MR) is 73.7 cm³/mol. The molecule has 0 amide bonds. The summed E-state index contributed by atoms with van der Waals surface area (Å²) in [5.41, 5.74) is 0.186. The average Bonchev–Trinajstić information content (AvgIpc) is 2.40. The van der Waals surface area contributed by atoms with Gasteiger partial charge >= 0.3 is 6.18 Å². The van der Waals surface area contributed by atoms with Gasteiger partial charge in [-0.2, -0.15) is 13.2 Å². The summed E-state index contributed by atoms with van der Waals surface area (Å²) < 4.78 is 51.6. The molecule has 0 unspecified atom stereocenters. The molecule has 0 N–H and O–H groups in total. The topological polar surface area (TPSA) is 12.9 Å². The SMILES string of the molecule is CC(C)c1ccc(C(F)(F)F)nc1-c1ccc(F)c(Cl)c1. The molecule has 2 rings (SSSR count). The van der Waals surface area contributed by atoms with E-state index in [1.807, 2.05) is 13.8 Å². The van der Waals surface area contributed by atoms with Gasteiger partial charge in [0.25, 0.3) is 0 Å². The van der Waals surface area contributed by atoms with Crippen molar-refractivity contribution in [2.75, 3.05) is 0 Å². The first-order valence-corrected chi connectivity index (χ1v) is 6.61. The number of benzene rings is 1. The fourth-order valence-corrected chi connectivity index (χ4v) is 2.15. The average molecular weight is 318 g/mol. The van der Waals surface area contributed by atoms with E-state index in [2.05, 4.69) is 4.98 Å². The third-order valence-corrected chi connectivity index (χ3v) is 3.32. The molecule has 0 bridgehead atoms. The van der Waals surface area contributed by atoms with Crippen LogP contribution >= 0.6 is 11.6 Å². The van der Waals surface area contributed by atoms with E-state index in [9.17, 15) is 17.6 Å². The maximum absolute atomic E-state index is 13.2. The third-order valence-electron chi connectivity index (χ3n) is 3.03. The van der Waals surface area contributed by atoms with Crippen LogP contribution in [-0.4, -0.2) is 4.98 Å². The van der Waals surface area contributed by atoms with Gasteiger partial charge in [-0.1, -0.05) is 31.5 Å². The maximum atomic E-state index is 13.2. The van der Waals surface area contributed by atoms with Crippen molar-refractivity contribution < 1.29 is 17.6 Å². The number of nitrogens with zero attached hydrogens (tertiary/aromatic N) is 1. The Balaban J connectivity index is 2.65. The maximum Gasteiger partial charge on any atom is 0.433 e. The molecule has 0 aliphatic rings. The number of aromatic nitrogens is 1. The van der Waals surface area contributed by atoms with Crippen LogP contribution in [0.25, 0.3) is 11.3 Å². The molecular weight excluding hydrogens is 306 g/mol. The minimum Gasteiger partial charge on any atom is -0.243 e. The van der Waals surface area contributed by atoms with Gasteiger partial charge in [-0.15, -0.1) is 0 Å². The Morgan fingerprint density at radius 3 is 2.29 bits per heavy atom. The molecule has 0 spiro atoms. The number of alkyl halides is 3. The molecule has 0 saturated carbocycles. The predicted octanol–water partition coefficient (Wildman–Crippen LogP) is 5.68. The van der Waals surface area contributed by atoms with Crippen LogP contribution < -0.4 is 0 Å². The van der Waals surface area contributed by atoms with E-state index < -0.39 is 17.7 Å². The van der Waals surface area contributed by atoms with Gasteiger partial charge in [0.1, 0.15) is 11.5 Å². The molecule has 0 aliphatic heterocycles. The van der Waals surface area contributed by atoms with E-state index in [0.717, 1.165) is 12.1 Å². The van der Waals surface area contributed by atoms with E-state index in [-0.39, 0.29) is 16.6 Å². The Labute approximate surface area is 124 Å². The van der Waals surface area contributed by atoms with Crippen molar-refractivity contribution in [3.05, 3.63) is 52.4 Å². The highest BCUT2D eigenvalue weighted by Gasteiger charge is 2.33. The zero-order valence-corrected chi connectivity index (χ0v) is 12.1. The standard InChI is InChI=1S/C15H12ClF4N/c1-8(2)10-4-6-13(15(18,19)20)21-14(10)9-3-5-12(17)11(16)7-9/h3-8H,1-2H3. The quantitative estimate of drug-likeness (QED) is 0.649. The number of pyridine rings is 1. The van der Waals surface area contributed by atoms with Gasteiger partial charge in [0, 0.05) is 5.56 Å². The van der Waals surface area contributed by atoms with E-state index in [1.165, 1.54) is 18.2 Å². The fourth-order valence-electron chi connectivity index (χ4n) is 1.97. The summed E-state index contributed by atoms with van der Waals surface area (Å²) in [6.45, 7) is 3.69. The first-order chi connectivity index (χ1) is 9.70. The lowest BCUT2D eigenvalue weighted by Gasteiger charge is -2.15. The van der Waals surface area contributed by atoms with Crippen LogP contribution in [0.1, 0.15) is 31.0 Å². The Bertz CT molecular complexity index is 665.